The zero-order valence-corrected chi connectivity index (χ0v) is 19.8. The molecule has 0 aliphatic carbocycles. The highest BCUT2D eigenvalue weighted by atomic mass is 35.5. The lowest BCUT2D eigenvalue weighted by atomic mass is 9.99. The van der Waals surface area contributed by atoms with Gasteiger partial charge in [0.1, 0.15) is 0 Å². The number of hydrogen-bond acceptors (Lipinski definition) is 5. The molecule has 1 heterocycles. The molecule has 0 bridgehead atoms. The van der Waals surface area contributed by atoms with Crippen LogP contribution in [0.3, 0.4) is 0 Å². The van der Waals surface area contributed by atoms with E-state index in [0.717, 1.165) is 0 Å². The number of anilines is 2. The number of halogens is 2. The summed E-state index contributed by atoms with van der Waals surface area (Å²) in [6.45, 7) is 3.40. The maximum absolute atomic E-state index is 13.4. The van der Waals surface area contributed by atoms with Gasteiger partial charge in [-0.05, 0) is 50.2 Å². The fourth-order valence-corrected chi connectivity index (χ4v) is 4.14. The Morgan fingerprint density at radius 2 is 1.79 bits per heavy atom. The number of carbonyl (C=O) groups is 3. The number of rotatable bonds is 6. The van der Waals surface area contributed by atoms with Gasteiger partial charge in [0.2, 0.25) is 0 Å². The Balaban J connectivity index is 1.97. The number of nitrogens with zero attached hydrogens (tertiary/aromatic N) is 3. The number of ether oxygens (including phenoxy) is 1. The van der Waals surface area contributed by atoms with Crippen LogP contribution in [0.15, 0.2) is 48.5 Å². The number of nitrogens with one attached hydrogen (secondary N) is 1. The van der Waals surface area contributed by atoms with Crippen molar-refractivity contribution in [2.24, 2.45) is 0 Å². The Morgan fingerprint density at radius 1 is 1.15 bits per heavy atom. The minimum Gasteiger partial charge on any atom is -0.469 e. The summed E-state index contributed by atoms with van der Waals surface area (Å²) in [6, 6.07) is 11.5. The molecular formula is C22H24Cl2N4O5. The molecule has 1 atom stereocenters. The molecule has 0 unspecified atom stereocenters. The highest BCUT2D eigenvalue weighted by molar-refractivity contribution is 6.31. The van der Waals surface area contributed by atoms with Gasteiger partial charge >= 0.3 is 18.0 Å². The topological polar surface area (TPSA) is 102 Å². The molecule has 11 heteroatoms. The lowest BCUT2D eigenvalue weighted by molar-refractivity contribution is -0.141. The van der Waals surface area contributed by atoms with Crippen LogP contribution in [0.2, 0.25) is 10.0 Å². The number of carbonyl (C=O) groups excluding carboxylic acids is 3. The quantitative estimate of drug-likeness (QED) is 0.340. The molecule has 0 saturated carbocycles. The molecule has 9 nitrogen and oxygen atoms in total. The molecular weight excluding hydrogens is 471 g/mol. The molecule has 0 spiro atoms. The maximum Gasteiger partial charge on any atom is 0.347 e. The molecule has 1 aliphatic heterocycles. The third kappa shape index (κ3) is 5.16. The van der Waals surface area contributed by atoms with Crippen LogP contribution in [0.5, 0.6) is 0 Å². The van der Waals surface area contributed by atoms with E-state index in [0.29, 0.717) is 26.5 Å². The summed E-state index contributed by atoms with van der Waals surface area (Å²) in [6.07, 6.45) is -1.21. The number of hydroxylamine groups is 2. The van der Waals surface area contributed by atoms with Crippen molar-refractivity contribution in [3.8, 4) is 0 Å². The van der Waals surface area contributed by atoms with Gasteiger partial charge in [0.05, 0.1) is 19.1 Å². The van der Waals surface area contributed by atoms with Gasteiger partial charge in [-0.2, -0.15) is 5.06 Å². The predicted molar refractivity (Wildman–Crippen MR) is 125 cm³/mol. The Labute approximate surface area is 201 Å². The minimum absolute atomic E-state index is 0.0236. The smallest absolute Gasteiger partial charge is 0.347 e. The van der Waals surface area contributed by atoms with Gasteiger partial charge in [-0.25, -0.2) is 9.59 Å². The number of methoxy groups -OCH3 is 1. The standard InChI is InChI=1S/C22H24Cl2N4O5/c1-22(2)19(28(32)20(30)25-16-8-4-6-14(23)12-16)27(17-9-5-7-15(24)13-17)21(31)26(22)11-10-18(29)33-3/h4-9,12-13,19,32H,10-11H2,1-3H3,(H,25,30)/t19-/m0/s1. The Kier molecular flexibility index (Phi) is 7.36. The first kappa shape index (κ1) is 24.6. The molecule has 3 rings (SSSR count). The number of hydrogen-bond donors (Lipinski definition) is 2. The highest BCUT2D eigenvalue weighted by Gasteiger charge is 2.56. The van der Waals surface area contributed by atoms with Crippen molar-refractivity contribution in [3.05, 3.63) is 58.6 Å². The average Bonchev–Trinajstić information content (AvgIpc) is 2.96. The van der Waals surface area contributed by atoms with Gasteiger partial charge in [0.15, 0.2) is 6.17 Å². The van der Waals surface area contributed by atoms with E-state index in [1.54, 1.807) is 56.3 Å². The van der Waals surface area contributed by atoms with E-state index in [1.165, 1.54) is 23.0 Å². The summed E-state index contributed by atoms with van der Waals surface area (Å²) >= 11 is 12.1. The fraction of sp³-hybridized carbons (Fsp3) is 0.318. The van der Waals surface area contributed by atoms with Gasteiger partial charge in [-0.1, -0.05) is 35.3 Å². The Bertz CT molecular complexity index is 1060. The molecule has 0 aromatic heterocycles. The zero-order valence-electron chi connectivity index (χ0n) is 18.3. The van der Waals surface area contributed by atoms with Crippen LogP contribution in [-0.4, -0.2) is 58.6 Å². The largest absolute Gasteiger partial charge is 0.469 e. The maximum atomic E-state index is 13.4. The second-order valence-electron chi connectivity index (χ2n) is 7.92. The number of esters is 1. The minimum atomic E-state index is -1.15. The van der Waals surface area contributed by atoms with Crippen LogP contribution >= 0.6 is 23.2 Å². The summed E-state index contributed by atoms with van der Waals surface area (Å²) in [5.74, 6) is -0.490. The van der Waals surface area contributed by atoms with Gasteiger partial charge in [-0.3, -0.25) is 14.9 Å². The van der Waals surface area contributed by atoms with Crippen molar-refractivity contribution in [3.63, 3.8) is 0 Å². The second-order valence-corrected chi connectivity index (χ2v) is 8.80. The van der Waals surface area contributed by atoms with E-state index in [9.17, 15) is 19.6 Å². The van der Waals surface area contributed by atoms with Crippen LogP contribution in [-0.2, 0) is 9.53 Å². The highest BCUT2D eigenvalue weighted by Crippen LogP contribution is 2.38. The van der Waals surface area contributed by atoms with Gasteiger partial charge < -0.3 is 15.0 Å². The predicted octanol–water partition coefficient (Wildman–Crippen LogP) is 4.83. The van der Waals surface area contributed by atoms with Crippen molar-refractivity contribution >= 4 is 52.6 Å². The summed E-state index contributed by atoms with van der Waals surface area (Å²) in [5, 5.41) is 14.8. The van der Waals surface area contributed by atoms with Gasteiger partial charge in [-0.15, -0.1) is 0 Å². The first-order valence-corrected chi connectivity index (χ1v) is 10.8. The van der Waals surface area contributed by atoms with E-state index in [-0.39, 0.29) is 13.0 Å². The Hall–Kier alpha value is -3.01. The van der Waals surface area contributed by atoms with Crippen LogP contribution in [0, 0.1) is 0 Å². The van der Waals surface area contributed by atoms with Crippen LogP contribution in [0.4, 0.5) is 21.0 Å². The molecule has 2 aromatic rings. The number of urea groups is 2. The Morgan fingerprint density at radius 3 is 2.39 bits per heavy atom. The number of amides is 4. The van der Waals surface area contributed by atoms with E-state index >= 15 is 0 Å². The number of benzene rings is 2. The summed E-state index contributed by atoms with van der Waals surface area (Å²) in [7, 11) is 1.26. The second kappa shape index (κ2) is 9.86. The normalized spacial score (nSPS) is 17.2. The first-order valence-electron chi connectivity index (χ1n) is 10.0. The summed E-state index contributed by atoms with van der Waals surface area (Å²) in [5.41, 5.74) is -0.361. The summed E-state index contributed by atoms with van der Waals surface area (Å²) < 4.78 is 4.69. The molecule has 4 amide bonds. The monoisotopic (exact) mass is 494 g/mol. The fourth-order valence-electron chi connectivity index (χ4n) is 3.77. The van der Waals surface area contributed by atoms with Crippen LogP contribution < -0.4 is 10.2 Å². The molecule has 2 aromatic carbocycles. The zero-order chi connectivity index (χ0) is 24.3. The van der Waals surface area contributed by atoms with Crippen molar-refractivity contribution in [1.29, 1.82) is 0 Å². The van der Waals surface area contributed by atoms with E-state index in [1.807, 2.05) is 0 Å². The SMILES string of the molecule is COC(=O)CCN1C(=O)N(c2cccc(Cl)c2)[C@@H](N(O)C(=O)Nc2cccc(Cl)c2)C1(C)C. The lowest BCUT2D eigenvalue weighted by Crippen LogP contribution is -2.58. The molecule has 1 aliphatic rings. The van der Waals surface area contributed by atoms with Crippen LogP contribution in [0.25, 0.3) is 0 Å². The third-order valence-corrected chi connectivity index (χ3v) is 5.85. The lowest BCUT2D eigenvalue weighted by Gasteiger charge is -2.38. The average molecular weight is 495 g/mol. The van der Waals surface area contributed by atoms with E-state index < -0.39 is 29.7 Å². The first-order chi connectivity index (χ1) is 15.6. The molecule has 2 N–H and O–H groups in total. The molecule has 1 fully saturated rings. The van der Waals surface area contributed by atoms with E-state index in [4.69, 9.17) is 23.2 Å². The molecule has 33 heavy (non-hydrogen) atoms. The van der Waals surface area contributed by atoms with Crippen molar-refractivity contribution in [1.82, 2.24) is 9.96 Å². The molecule has 176 valence electrons. The third-order valence-electron chi connectivity index (χ3n) is 5.38. The molecule has 0 radical (unpaired) electrons. The van der Waals surface area contributed by atoms with Crippen LogP contribution in [0.1, 0.15) is 20.3 Å². The summed E-state index contributed by atoms with van der Waals surface area (Å²) in [4.78, 5) is 40.8. The van der Waals surface area contributed by atoms with Crippen molar-refractivity contribution < 1.29 is 24.3 Å². The van der Waals surface area contributed by atoms with Gasteiger partial charge in [0, 0.05) is 28.0 Å². The van der Waals surface area contributed by atoms with Gasteiger partial charge in [0.25, 0.3) is 0 Å². The van der Waals surface area contributed by atoms with Crippen molar-refractivity contribution in [2.75, 3.05) is 23.9 Å². The van der Waals surface area contributed by atoms with E-state index in [2.05, 4.69) is 10.1 Å². The van der Waals surface area contributed by atoms with Crippen molar-refractivity contribution in [2.45, 2.75) is 32.0 Å². The molecule has 1 saturated heterocycles.